The zero-order valence-electron chi connectivity index (χ0n) is 16.4. The fraction of sp³-hybridized carbons (Fsp3) is 0.333. The van der Waals surface area contributed by atoms with Crippen LogP contribution >= 0.6 is 0 Å². The van der Waals surface area contributed by atoms with E-state index in [4.69, 9.17) is 4.74 Å². The lowest BCUT2D eigenvalue weighted by Gasteiger charge is -2.27. The lowest BCUT2D eigenvalue weighted by Crippen LogP contribution is -2.37. The minimum atomic E-state index is -0.395. The van der Waals surface area contributed by atoms with Gasteiger partial charge in [-0.05, 0) is 30.7 Å². The molecule has 0 atom stereocenters. The Bertz CT molecular complexity index is 1160. The van der Waals surface area contributed by atoms with E-state index < -0.39 is 5.97 Å². The number of aryl methyl sites for hydroxylation is 1. The predicted octanol–water partition coefficient (Wildman–Crippen LogP) is 2.12. The number of aromatic amines is 1. The SMILES string of the molecule is CCCn1nc(C(=O)N2CCc3[nH]c4ccc(C(=O)OC)cc4c3C2)ccc1=O. The Balaban J connectivity index is 1.65. The van der Waals surface area contributed by atoms with Gasteiger partial charge in [-0.15, -0.1) is 0 Å². The molecule has 8 heteroatoms. The Morgan fingerprint density at radius 2 is 2.07 bits per heavy atom. The van der Waals surface area contributed by atoms with Gasteiger partial charge in [0.1, 0.15) is 5.69 Å². The molecule has 0 fully saturated rings. The average Bonchev–Trinajstić information content (AvgIpc) is 3.11. The summed E-state index contributed by atoms with van der Waals surface area (Å²) < 4.78 is 6.14. The topological polar surface area (TPSA) is 97.3 Å². The number of ether oxygens (including phenoxy) is 1. The molecule has 8 nitrogen and oxygen atoms in total. The van der Waals surface area contributed by atoms with Gasteiger partial charge in [0, 0.05) is 54.3 Å². The van der Waals surface area contributed by atoms with Gasteiger partial charge >= 0.3 is 5.97 Å². The lowest BCUT2D eigenvalue weighted by molar-refractivity contribution is 0.0600. The summed E-state index contributed by atoms with van der Waals surface area (Å²) in [5.41, 5.74) is 3.50. The van der Waals surface area contributed by atoms with Crippen molar-refractivity contribution in [2.75, 3.05) is 13.7 Å². The molecule has 0 unspecified atom stereocenters. The predicted molar refractivity (Wildman–Crippen MR) is 107 cm³/mol. The first-order valence-electron chi connectivity index (χ1n) is 9.61. The third-order valence-corrected chi connectivity index (χ3v) is 5.20. The lowest BCUT2D eigenvalue weighted by atomic mass is 10.0. The van der Waals surface area contributed by atoms with Crippen LogP contribution in [-0.4, -0.2) is 45.2 Å². The molecule has 0 spiro atoms. The van der Waals surface area contributed by atoms with Crippen LogP contribution in [0, 0.1) is 0 Å². The normalized spacial score (nSPS) is 13.4. The van der Waals surface area contributed by atoms with Crippen LogP contribution in [-0.2, 0) is 24.2 Å². The van der Waals surface area contributed by atoms with Gasteiger partial charge in [0.05, 0.1) is 12.7 Å². The summed E-state index contributed by atoms with van der Waals surface area (Å²) in [4.78, 5) is 41.9. The number of nitrogens with zero attached hydrogens (tertiary/aromatic N) is 3. The Kier molecular flexibility index (Phi) is 4.92. The maximum absolute atomic E-state index is 13.0. The maximum Gasteiger partial charge on any atom is 0.337 e. The smallest absolute Gasteiger partial charge is 0.337 e. The summed E-state index contributed by atoms with van der Waals surface area (Å²) in [6, 6.07) is 8.24. The van der Waals surface area contributed by atoms with Gasteiger partial charge in [0.15, 0.2) is 0 Å². The minimum absolute atomic E-state index is 0.209. The summed E-state index contributed by atoms with van der Waals surface area (Å²) in [6.07, 6.45) is 1.44. The molecule has 4 rings (SSSR count). The van der Waals surface area contributed by atoms with E-state index in [0.29, 0.717) is 31.6 Å². The van der Waals surface area contributed by atoms with Crippen molar-refractivity contribution < 1.29 is 14.3 Å². The second-order valence-electron chi connectivity index (χ2n) is 7.09. The van der Waals surface area contributed by atoms with Crippen molar-refractivity contribution in [3.05, 3.63) is 63.2 Å². The van der Waals surface area contributed by atoms with Crippen molar-refractivity contribution >= 4 is 22.8 Å². The second kappa shape index (κ2) is 7.54. The van der Waals surface area contributed by atoms with E-state index in [1.54, 1.807) is 17.0 Å². The molecule has 0 aliphatic carbocycles. The fourth-order valence-corrected chi connectivity index (χ4v) is 3.73. The number of carbonyl (C=O) groups excluding carboxylic acids is 2. The van der Waals surface area contributed by atoms with Gasteiger partial charge < -0.3 is 14.6 Å². The molecular formula is C21H22N4O4. The quantitative estimate of drug-likeness (QED) is 0.684. The van der Waals surface area contributed by atoms with Gasteiger partial charge in [-0.1, -0.05) is 6.92 Å². The number of carbonyl (C=O) groups is 2. The molecule has 0 radical (unpaired) electrons. The van der Waals surface area contributed by atoms with Gasteiger partial charge in [0.2, 0.25) is 0 Å². The van der Waals surface area contributed by atoms with Crippen LogP contribution in [0.1, 0.15) is 45.4 Å². The molecule has 0 saturated heterocycles. The molecule has 3 aromatic rings. The van der Waals surface area contributed by atoms with Crippen LogP contribution < -0.4 is 5.56 Å². The molecule has 1 aliphatic rings. The minimum Gasteiger partial charge on any atom is -0.465 e. The molecule has 1 aromatic carbocycles. The third-order valence-electron chi connectivity index (χ3n) is 5.20. The van der Waals surface area contributed by atoms with E-state index >= 15 is 0 Å². The van der Waals surface area contributed by atoms with E-state index in [1.807, 2.05) is 13.0 Å². The number of hydrogen-bond acceptors (Lipinski definition) is 5. The molecule has 29 heavy (non-hydrogen) atoms. The number of fused-ring (bicyclic) bond motifs is 3. The van der Waals surface area contributed by atoms with Crippen LogP contribution in [0.15, 0.2) is 35.1 Å². The fourth-order valence-electron chi connectivity index (χ4n) is 3.73. The van der Waals surface area contributed by atoms with Crippen molar-refractivity contribution in [2.24, 2.45) is 0 Å². The van der Waals surface area contributed by atoms with E-state index in [-0.39, 0.29) is 17.2 Å². The van der Waals surface area contributed by atoms with Crippen molar-refractivity contribution in [1.29, 1.82) is 0 Å². The number of H-pyrrole nitrogens is 1. The van der Waals surface area contributed by atoms with E-state index in [2.05, 4.69) is 10.1 Å². The molecule has 1 aliphatic heterocycles. The summed E-state index contributed by atoms with van der Waals surface area (Å²) in [5.74, 6) is -0.605. The number of rotatable bonds is 4. The Labute approximate surface area is 167 Å². The molecule has 0 bridgehead atoms. The first-order chi connectivity index (χ1) is 14.0. The van der Waals surface area contributed by atoms with Crippen molar-refractivity contribution in [1.82, 2.24) is 19.7 Å². The average molecular weight is 394 g/mol. The van der Waals surface area contributed by atoms with E-state index in [9.17, 15) is 14.4 Å². The summed E-state index contributed by atoms with van der Waals surface area (Å²) in [7, 11) is 1.35. The highest BCUT2D eigenvalue weighted by molar-refractivity contribution is 5.97. The molecule has 3 heterocycles. The Morgan fingerprint density at radius 3 is 2.83 bits per heavy atom. The zero-order chi connectivity index (χ0) is 20.5. The van der Waals surface area contributed by atoms with E-state index in [0.717, 1.165) is 28.6 Å². The number of nitrogens with one attached hydrogen (secondary N) is 1. The van der Waals surface area contributed by atoms with Crippen LogP contribution in [0.3, 0.4) is 0 Å². The first-order valence-corrected chi connectivity index (χ1v) is 9.61. The van der Waals surface area contributed by atoms with Crippen LogP contribution in [0.4, 0.5) is 0 Å². The van der Waals surface area contributed by atoms with Gasteiger partial charge in [-0.3, -0.25) is 9.59 Å². The number of esters is 1. The van der Waals surface area contributed by atoms with Gasteiger partial charge in [-0.25, -0.2) is 9.48 Å². The molecule has 0 saturated carbocycles. The van der Waals surface area contributed by atoms with E-state index in [1.165, 1.54) is 23.9 Å². The van der Waals surface area contributed by atoms with Crippen molar-refractivity contribution in [3.8, 4) is 0 Å². The van der Waals surface area contributed by atoms with Crippen LogP contribution in [0.5, 0.6) is 0 Å². The number of aromatic nitrogens is 3. The summed E-state index contributed by atoms with van der Waals surface area (Å²) in [5, 5.41) is 5.14. The Morgan fingerprint density at radius 1 is 1.24 bits per heavy atom. The molecule has 2 aromatic heterocycles. The number of methoxy groups -OCH3 is 1. The second-order valence-corrected chi connectivity index (χ2v) is 7.09. The highest BCUT2D eigenvalue weighted by Crippen LogP contribution is 2.29. The largest absolute Gasteiger partial charge is 0.465 e. The molecule has 1 N–H and O–H groups in total. The Hall–Kier alpha value is -3.42. The van der Waals surface area contributed by atoms with Gasteiger partial charge in [0.25, 0.3) is 11.5 Å². The third kappa shape index (κ3) is 3.41. The van der Waals surface area contributed by atoms with Gasteiger partial charge in [-0.2, -0.15) is 5.10 Å². The zero-order valence-corrected chi connectivity index (χ0v) is 16.4. The monoisotopic (exact) mass is 394 g/mol. The highest BCUT2D eigenvalue weighted by Gasteiger charge is 2.26. The summed E-state index contributed by atoms with van der Waals surface area (Å²) >= 11 is 0. The van der Waals surface area contributed by atoms with Crippen molar-refractivity contribution in [2.45, 2.75) is 32.9 Å². The summed E-state index contributed by atoms with van der Waals surface area (Å²) in [6.45, 7) is 3.39. The maximum atomic E-state index is 13.0. The standard InChI is InChI=1S/C21H22N4O4/c1-3-9-25-19(26)7-6-18(23-25)20(27)24-10-8-17-15(12-24)14-11-13(21(28)29-2)4-5-16(14)22-17/h4-7,11,22H,3,8-10,12H2,1-2H3. The van der Waals surface area contributed by atoms with Crippen LogP contribution in [0.25, 0.3) is 10.9 Å². The first kappa shape index (κ1) is 18.9. The molecule has 1 amide bonds. The number of amides is 1. The number of hydrogen-bond donors (Lipinski definition) is 1. The van der Waals surface area contributed by atoms with Crippen LogP contribution in [0.2, 0.25) is 0 Å². The molecular weight excluding hydrogens is 372 g/mol. The number of benzene rings is 1. The highest BCUT2D eigenvalue weighted by atomic mass is 16.5. The molecule has 150 valence electrons. The van der Waals surface area contributed by atoms with Crippen molar-refractivity contribution in [3.63, 3.8) is 0 Å².